The number of pyridine rings is 1. The molecular formula is C27H32N4O4S. The molecular weight excluding hydrogens is 476 g/mol. The number of amides is 1. The highest BCUT2D eigenvalue weighted by molar-refractivity contribution is 7.90. The van der Waals surface area contributed by atoms with E-state index in [1.54, 1.807) is 37.6 Å². The van der Waals surface area contributed by atoms with Crippen molar-refractivity contribution in [2.24, 2.45) is 0 Å². The van der Waals surface area contributed by atoms with Gasteiger partial charge in [0.05, 0.1) is 12.7 Å². The molecule has 1 fully saturated rings. The number of rotatable bonds is 9. The molecule has 0 bridgehead atoms. The number of nitrogens with zero attached hydrogens (tertiary/aromatic N) is 1. The van der Waals surface area contributed by atoms with Crippen LogP contribution >= 0.6 is 0 Å². The van der Waals surface area contributed by atoms with E-state index in [1.165, 1.54) is 0 Å². The van der Waals surface area contributed by atoms with Gasteiger partial charge in [-0.05, 0) is 61.9 Å². The molecule has 1 amide bonds. The van der Waals surface area contributed by atoms with Crippen molar-refractivity contribution >= 4 is 21.9 Å². The van der Waals surface area contributed by atoms with E-state index in [9.17, 15) is 13.2 Å². The fourth-order valence-electron chi connectivity index (χ4n) is 4.74. The Kier molecular flexibility index (Phi) is 7.91. The lowest BCUT2D eigenvalue weighted by atomic mass is 9.68. The van der Waals surface area contributed by atoms with Gasteiger partial charge < -0.3 is 10.1 Å². The Bertz CT molecular complexity index is 1270. The van der Waals surface area contributed by atoms with Crippen LogP contribution in [0, 0.1) is 6.92 Å². The standard InChI is InChI=1S/C27H32N4O4S/c1-20-12-13-25(28-18-20)31-36(33,34)30-22-14-16-27(17-15-22,21-8-4-3-5-9-21)19-29-26(32)23-10-6-7-11-24(23)35-2/h3-13,18,22,30H,14-17,19H2,1-2H3,(H,28,31)(H,29,32). The van der Waals surface area contributed by atoms with E-state index in [0.29, 0.717) is 30.7 Å². The second-order valence-corrected chi connectivity index (χ2v) is 10.7. The van der Waals surface area contributed by atoms with Crippen LogP contribution in [0.2, 0.25) is 0 Å². The summed E-state index contributed by atoms with van der Waals surface area (Å²) in [5.74, 6) is 0.611. The van der Waals surface area contributed by atoms with Gasteiger partial charge in [0.2, 0.25) is 0 Å². The first-order valence-electron chi connectivity index (χ1n) is 12.0. The summed E-state index contributed by atoms with van der Waals surface area (Å²) in [7, 11) is -2.22. The molecule has 1 aromatic heterocycles. The Morgan fingerprint density at radius 1 is 1.03 bits per heavy atom. The van der Waals surface area contributed by atoms with Gasteiger partial charge in [0.1, 0.15) is 11.6 Å². The zero-order chi connectivity index (χ0) is 25.6. The average Bonchev–Trinajstić information content (AvgIpc) is 2.89. The molecule has 1 aliphatic carbocycles. The fraction of sp³-hybridized carbons (Fsp3) is 0.333. The van der Waals surface area contributed by atoms with Crippen LogP contribution in [0.4, 0.5) is 5.82 Å². The van der Waals surface area contributed by atoms with Crippen LogP contribution in [0.25, 0.3) is 0 Å². The maximum absolute atomic E-state index is 13.0. The molecule has 0 radical (unpaired) electrons. The van der Waals surface area contributed by atoms with E-state index < -0.39 is 10.2 Å². The highest BCUT2D eigenvalue weighted by Crippen LogP contribution is 2.39. The summed E-state index contributed by atoms with van der Waals surface area (Å²) >= 11 is 0. The van der Waals surface area contributed by atoms with Crippen molar-refractivity contribution in [3.63, 3.8) is 0 Å². The van der Waals surface area contributed by atoms with Crippen LogP contribution in [-0.4, -0.2) is 39.0 Å². The number of aromatic nitrogens is 1. The van der Waals surface area contributed by atoms with Crippen molar-refractivity contribution in [2.75, 3.05) is 18.4 Å². The molecule has 3 aromatic rings. The van der Waals surface area contributed by atoms with Crippen molar-refractivity contribution in [1.29, 1.82) is 0 Å². The molecule has 36 heavy (non-hydrogen) atoms. The van der Waals surface area contributed by atoms with Gasteiger partial charge in [-0.15, -0.1) is 0 Å². The Hall–Kier alpha value is -3.43. The Balaban J connectivity index is 1.44. The Labute approximate surface area is 212 Å². The number of nitrogens with one attached hydrogen (secondary N) is 3. The number of aryl methyl sites for hydroxylation is 1. The van der Waals surface area contributed by atoms with Crippen molar-refractivity contribution in [2.45, 2.75) is 44.1 Å². The first-order chi connectivity index (χ1) is 17.3. The summed E-state index contributed by atoms with van der Waals surface area (Å²) in [5.41, 5.74) is 2.27. The normalized spacial score (nSPS) is 19.9. The molecule has 0 atom stereocenters. The van der Waals surface area contributed by atoms with Crippen LogP contribution in [0.5, 0.6) is 5.75 Å². The number of hydrogen-bond donors (Lipinski definition) is 3. The zero-order valence-electron chi connectivity index (χ0n) is 20.5. The van der Waals surface area contributed by atoms with Gasteiger partial charge in [-0.2, -0.15) is 13.1 Å². The third-order valence-corrected chi connectivity index (χ3v) is 7.86. The monoisotopic (exact) mass is 508 g/mol. The van der Waals surface area contributed by atoms with E-state index in [-0.39, 0.29) is 23.2 Å². The topological polar surface area (TPSA) is 109 Å². The molecule has 0 saturated heterocycles. The zero-order valence-corrected chi connectivity index (χ0v) is 21.3. The van der Waals surface area contributed by atoms with Crippen LogP contribution in [0.15, 0.2) is 72.9 Å². The van der Waals surface area contributed by atoms with Crippen LogP contribution in [0.3, 0.4) is 0 Å². The molecule has 2 aromatic carbocycles. The van der Waals surface area contributed by atoms with Crippen molar-refractivity contribution in [3.8, 4) is 5.75 Å². The largest absolute Gasteiger partial charge is 0.496 e. The third kappa shape index (κ3) is 6.22. The van der Waals surface area contributed by atoms with E-state index in [0.717, 1.165) is 24.0 Å². The second kappa shape index (κ2) is 11.1. The van der Waals surface area contributed by atoms with Gasteiger partial charge in [0.25, 0.3) is 5.91 Å². The Morgan fingerprint density at radius 2 is 1.72 bits per heavy atom. The minimum absolute atomic E-state index is 0.194. The number of benzene rings is 2. The van der Waals surface area contributed by atoms with E-state index >= 15 is 0 Å². The second-order valence-electron chi connectivity index (χ2n) is 9.25. The van der Waals surface area contributed by atoms with Crippen molar-refractivity contribution < 1.29 is 17.9 Å². The molecule has 190 valence electrons. The summed E-state index contributed by atoms with van der Waals surface area (Å²) in [6.07, 6.45) is 4.34. The number of anilines is 1. The lowest BCUT2D eigenvalue weighted by molar-refractivity contribution is 0.0932. The van der Waals surface area contributed by atoms with E-state index in [2.05, 4.69) is 31.9 Å². The Morgan fingerprint density at radius 3 is 2.39 bits per heavy atom. The molecule has 1 saturated carbocycles. The first kappa shape index (κ1) is 25.7. The number of para-hydroxylation sites is 1. The van der Waals surface area contributed by atoms with Gasteiger partial charge in [-0.1, -0.05) is 48.5 Å². The number of ether oxygens (including phenoxy) is 1. The van der Waals surface area contributed by atoms with Gasteiger partial charge in [-0.3, -0.25) is 9.52 Å². The summed E-state index contributed by atoms with van der Waals surface area (Å²) < 4.78 is 36.0. The molecule has 4 rings (SSSR count). The predicted octanol–water partition coefficient (Wildman–Crippen LogP) is 3.96. The maximum atomic E-state index is 13.0. The molecule has 3 N–H and O–H groups in total. The smallest absolute Gasteiger partial charge is 0.300 e. The number of carbonyl (C=O) groups is 1. The minimum Gasteiger partial charge on any atom is -0.496 e. The molecule has 0 aliphatic heterocycles. The molecule has 1 aliphatic rings. The fourth-order valence-corrected chi connectivity index (χ4v) is 5.87. The summed E-state index contributed by atoms with van der Waals surface area (Å²) in [4.78, 5) is 17.1. The lowest BCUT2D eigenvalue weighted by Crippen LogP contribution is -2.48. The summed E-state index contributed by atoms with van der Waals surface area (Å²) in [6, 6.07) is 20.5. The number of methoxy groups -OCH3 is 1. The average molecular weight is 509 g/mol. The SMILES string of the molecule is COc1ccccc1C(=O)NCC1(c2ccccc2)CCC(NS(=O)(=O)Nc2ccc(C)cn2)CC1. The molecule has 8 nitrogen and oxygen atoms in total. The number of hydrogen-bond acceptors (Lipinski definition) is 5. The van der Waals surface area contributed by atoms with Crippen LogP contribution < -0.4 is 19.5 Å². The quantitative estimate of drug-likeness (QED) is 0.405. The molecule has 0 unspecified atom stereocenters. The highest BCUT2D eigenvalue weighted by atomic mass is 32.2. The van der Waals surface area contributed by atoms with Gasteiger partial charge in [0.15, 0.2) is 0 Å². The third-order valence-electron chi connectivity index (χ3n) is 6.74. The van der Waals surface area contributed by atoms with E-state index in [4.69, 9.17) is 4.74 Å². The maximum Gasteiger partial charge on any atom is 0.300 e. The molecule has 0 spiro atoms. The summed E-state index contributed by atoms with van der Waals surface area (Å²) in [6.45, 7) is 2.34. The minimum atomic E-state index is -3.76. The predicted molar refractivity (Wildman–Crippen MR) is 140 cm³/mol. The highest BCUT2D eigenvalue weighted by Gasteiger charge is 2.38. The summed E-state index contributed by atoms with van der Waals surface area (Å²) in [5, 5.41) is 3.10. The number of carbonyl (C=O) groups excluding carboxylic acids is 1. The van der Waals surface area contributed by atoms with Gasteiger partial charge >= 0.3 is 10.2 Å². The van der Waals surface area contributed by atoms with Crippen molar-refractivity contribution in [1.82, 2.24) is 15.0 Å². The van der Waals surface area contributed by atoms with E-state index in [1.807, 2.05) is 37.3 Å². The van der Waals surface area contributed by atoms with Gasteiger partial charge in [0, 0.05) is 24.2 Å². The first-order valence-corrected chi connectivity index (χ1v) is 13.5. The van der Waals surface area contributed by atoms with Gasteiger partial charge in [-0.25, -0.2) is 4.98 Å². The lowest BCUT2D eigenvalue weighted by Gasteiger charge is -2.41. The van der Waals surface area contributed by atoms with Crippen molar-refractivity contribution in [3.05, 3.63) is 89.6 Å². The molecule has 1 heterocycles. The molecule has 9 heteroatoms. The van der Waals surface area contributed by atoms with Crippen LogP contribution in [0.1, 0.15) is 47.2 Å². The van der Waals surface area contributed by atoms with Crippen LogP contribution in [-0.2, 0) is 15.6 Å².